The number of nitrogens with zero attached hydrogens (tertiary/aromatic N) is 3. The van der Waals surface area contributed by atoms with E-state index < -0.39 is 5.97 Å². The van der Waals surface area contributed by atoms with E-state index in [1.165, 1.54) is 19.3 Å². The Morgan fingerprint density at radius 1 is 1.18 bits per heavy atom. The van der Waals surface area contributed by atoms with Crippen LogP contribution in [0.2, 0.25) is 5.02 Å². The highest BCUT2D eigenvalue weighted by Crippen LogP contribution is 2.39. The fourth-order valence-electron chi connectivity index (χ4n) is 3.57. The number of ether oxygens (including phenoxy) is 2. The molecule has 38 heavy (non-hydrogen) atoms. The van der Waals surface area contributed by atoms with Gasteiger partial charge in [-0.3, -0.25) is 0 Å². The second-order valence-corrected chi connectivity index (χ2v) is 10.2. The van der Waals surface area contributed by atoms with E-state index in [9.17, 15) is 14.3 Å². The van der Waals surface area contributed by atoms with Gasteiger partial charge in [-0.2, -0.15) is 0 Å². The van der Waals surface area contributed by atoms with Crippen LogP contribution in [0, 0.1) is 5.82 Å². The van der Waals surface area contributed by atoms with E-state index in [1.54, 1.807) is 42.5 Å². The van der Waals surface area contributed by atoms with Crippen LogP contribution in [-0.2, 0) is 17.9 Å². The zero-order valence-electron chi connectivity index (χ0n) is 20.3. The Labute approximate surface area is 236 Å². The van der Waals surface area contributed by atoms with Gasteiger partial charge < -0.3 is 19.1 Å². The molecule has 0 saturated carbocycles. The summed E-state index contributed by atoms with van der Waals surface area (Å²) in [5, 5.41) is 19.5. The van der Waals surface area contributed by atoms with Crippen molar-refractivity contribution in [2.45, 2.75) is 25.2 Å². The minimum atomic E-state index is -1.12. The zero-order chi connectivity index (χ0) is 27.2. The number of hydrogen-bond donors (Lipinski definition) is 1. The maximum atomic E-state index is 14.0. The molecule has 0 aliphatic heterocycles. The first kappa shape index (κ1) is 27.7. The van der Waals surface area contributed by atoms with E-state index in [0.29, 0.717) is 49.6 Å². The molecule has 0 atom stereocenters. The number of carboxylic acids is 1. The lowest BCUT2D eigenvalue weighted by atomic mass is 10.2. The quantitative estimate of drug-likeness (QED) is 0.147. The van der Waals surface area contributed by atoms with Gasteiger partial charge in [0, 0.05) is 22.7 Å². The van der Waals surface area contributed by atoms with Crippen molar-refractivity contribution in [3.63, 3.8) is 0 Å². The number of benzene rings is 3. The topological polar surface area (TPSA) is 86.5 Å². The van der Waals surface area contributed by atoms with Gasteiger partial charge in [0.25, 0.3) is 0 Å². The van der Waals surface area contributed by atoms with Crippen molar-refractivity contribution in [1.29, 1.82) is 0 Å². The van der Waals surface area contributed by atoms with Crippen LogP contribution in [-0.4, -0.2) is 33.0 Å². The van der Waals surface area contributed by atoms with Crippen LogP contribution in [0.25, 0.3) is 17.5 Å². The highest BCUT2D eigenvalue weighted by atomic mass is 79.9. The molecule has 4 rings (SSSR count). The van der Waals surface area contributed by atoms with Gasteiger partial charge in [0.2, 0.25) is 0 Å². The molecule has 11 heteroatoms. The number of carbonyl (C=O) groups is 1. The molecule has 0 saturated heterocycles. The molecule has 4 aromatic rings. The molecule has 0 bridgehead atoms. The number of halogens is 3. The standard InChI is InChI=1S/C27H22BrClFN3O4S/c1-3-33-25(17-8-10-19(29)11-9-17)31-32-27(33)38-23(26(34)35)14-16-12-20(28)24(22(13-16)36-2)37-15-18-6-4-5-7-21(18)30/h4-14H,3,15H2,1-2H3,(H,34,35)/b23-14-. The highest BCUT2D eigenvalue weighted by Gasteiger charge is 2.19. The predicted molar refractivity (Wildman–Crippen MR) is 149 cm³/mol. The number of methoxy groups -OCH3 is 1. The highest BCUT2D eigenvalue weighted by molar-refractivity contribution is 9.10. The first-order valence-electron chi connectivity index (χ1n) is 11.4. The lowest BCUT2D eigenvalue weighted by Crippen LogP contribution is -2.03. The first-order valence-corrected chi connectivity index (χ1v) is 13.3. The molecule has 0 spiro atoms. The summed E-state index contributed by atoms with van der Waals surface area (Å²) in [5.74, 6) is -0.153. The Morgan fingerprint density at radius 3 is 2.58 bits per heavy atom. The molecular formula is C27H22BrClFN3O4S. The molecule has 1 N–H and O–H groups in total. The lowest BCUT2D eigenvalue weighted by molar-refractivity contribution is -0.131. The normalized spacial score (nSPS) is 11.4. The smallest absolute Gasteiger partial charge is 0.342 e. The van der Waals surface area contributed by atoms with Crippen LogP contribution in [0.15, 0.2) is 75.2 Å². The third-order valence-electron chi connectivity index (χ3n) is 5.43. The molecule has 3 aromatic carbocycles. The van der Waals surface area contributed by atoms with Crippen LogP contribution >= 0.6 is 39.3 Å². The summed E-state index contributed by atoms with van der Waals surface area (Å²) >= 11 is 10.5. The van der Waals surface area contributed by atoms with Crippen LogP contribution in [0.1, 0.15) is 18.1 Å². The Hall–Kier alpha value is -3.34. The van der Waals surface area contributed by atoms with Gasteiger partial charge in [0.1, 0.15) is 17.3 Å². The fourth-order valence-corrected chi connectivity index (χ4v) is 5.16. The molecule has 0 aliphatic carbocycles. The van der Waals surface area contributed by atoms with Crippen molar-refractivity contribution in [2.75, 3.05) is 7.11 Å². The van der Waals surface area contributed by atoms with Crippen molar-refractivity contribution in [1.82, 2.24) is 14.8 Å². The zero-order valence-corrected chi connectivity index (χ0v) is 23.5. The van der Waals surface area contributed by atoms with Crippen LogP contribution in [0.3, 0.4) is 0 Å². The van der Waals surface area contributed by atoms with E-state index in [2.05, 4.69) is 26.1 Å². The van der Waals surface area contributed by atoms with Crippen molar-refractivity contribution in [3.8, 4) is 22.9 Å². The largest absolute Gasteiger partial charge is 0.493 e. The molecule has 0 aliphatic rings. The summed E-state index contributed by atoms with van der Waals surface area (Å²) in [5.41, 5.74) is 1.77. The molecule has 0 fully saturated rings. The molecule has 1 heterocycles. The maximum absolute atomic E-state index is 14.0. The van der Waals surface area contributed by atoms with E-state index in [1.807, 2.05) is 23.6 Å². The number of aliphatic carboxylic acids is 1. The van der Waals surface area contributed by atoms with E-state index >= 15 is 0 Å². The van der Waals surface area contributed by atoms with E-state index in [0.717, 1.165) is 17.3 Å². The predicted octanol–water partition coefficient (Wildman–Crippen LogP) is 7.33. The van der Waals surface area contributed by atoms with Gasteiger partial charge in [0.05, 0.1) is 11.6 Å². The molecule has 1 aromatic heterocycles. The average Bonchev–Trinajstić information content (AvgIpc) is 3.31. The first-order chi connectivity index (χ1) is 18.3. The summed E-state index contributed by atoms with van der Waals surface area (Å²) in [6, 6.07) is 16.9. The second kappa shape index (κ2) is 12.5. The summed E-state index contributed by atoms with van der Waals surface area (Å²) in [6.45, 7) is 2.46. The third-order valence-corrected chi connectivity index (χ3v) is 7.26. The molecule has 0 amide bonds. The minimum Gasteiger partial charge on any atom is -0.493 e. The number of carboxylic acid groups (broad SMARTS) is 1. The fraction of sp³-hybridized carbons (Fsp3) is 0.148. The van der Waals surface area contributed by atoms with Gasteiger partial charge in [0.15, 0.2) is 22.5 Å². The van der Waals surface area contributed by atoms with Gasteiger partial charge >= 0.3 is 5.97 Å². The van der Waals surface area contributed by atoms with Gasteiger partial charge in [-0.15, -0.1) is 10.2 Å². The number of rotatable bonds is 10. The average molecular weight is 619 g/mol. The molecule has 196 valence electrons. The van der Waals surface area contributed by atoms with Crippen molar-refractivity contribution >= 4 is 51.3 Å². The summed E-state index contributed by atoms with van der Waals surface area (Å²) in [6.07, 6.45) is 1.51. The van der Waals surface area contributed by atoms with E-state index in [-0.39, 0.29) is 17.3 Å². The molecule has 0 radical (unpaired) electrons. The Morgan fingerprint density at radius 2 is 1.92 bits per heavy atom. The number of hydrogen-bond acceptors (Lipinski definition) is 6. The SMILES string of the molecule is CCn1c(S/C(=C\c2cc(Br)c(OCc3ccccc3F)c(OC)c2)C(=O)O)nnc1-c1ccc(Cl)cc1. The minimum absolute atomic E-state index is 0.00429. The number of thioether (sulfide) groups is 1. The summed E-state index contributed by atoms with van der Waals surface area (Å²) in [7, 11) is 1.47. The third kappa shape index (κ3) is 6.38. The summed E-state index contributed by atoms with van der Waals surface area (Å²) in [4.78, 5) is 12.2. The number of aromatic nitrogens is 3. The van der Waals surface area contributed by atoms with Crippen LogP contribution < -0.4 is 9.47 Å². The molecule has 0 unspecified atom stereocenters. The summed E-state index contributed by atoms with van der Waals surface area (Å²) < 4.78 is 27.7. The van der Waals surface area contributed by atoms with E-state index in [4.69, 9.17) is 21.1 Å². The van der Waals surface area contributed by atoms with Crippen LogP contribution in [0.5, 0.6) is 11.5 Å². The Kier molecular flexibility index (Phi) is 9.09. The van der Waals surface area contributed by atoms with Gasteiger partial charge in [-0.05, 0) is 88.7 Å². The molecule has 7 nitrogen and oxygen atoms in total. The van der Waals surface area contributed by atoms with Crippen molar-refractivity contribution in [3.05, 3.63) is 92.0 Å². The molecular weight excluding hydrogens is 597 g/mol. The Balaban J connectivity index is 1.62. The van der Waals surface area contributed by atoms with Gasteiger partial charge in [-0.25, -0.2) is 9.18 Å². The Bertz CT molecular complexity index is 1490. The monoisotopic (exact) mass is 617 g/mol. The van der Waals surface area contributed by atoms with Crippen molar-refractivity contribution in [2.24, 2.45) is 0 Å². The van der Waals surface area contributed by atoms with Crippen molar-refractivity contribution < 1.29 is 23.8 Å². The van der Waals surface area contributed by atoms with Crippen LogP contribution in [0.4, 0.5) is 4.39 Å². The maximum Gasteiger partial charge on any atom is 0.342 e. The second-order valence-electron chi connectivity index (χ2n) is 7.89. The van der Waals surface area contributed by atoms with Gasteiger partial charge in [-0.1, -0.05) is 29.8 Å². The lowest BCUT2D eigenvalue weighted by Gasteiger charge is -2.14.